The minimum absolute atomic E-state index is 0.127. The van der Waals surface area contributed by atoms with Crippen molar-refractivity contribution in [2.75, 3.05) is 11.9 Å². The molecule has 3 aromatic rings. The van der Waals surface area contributed by atoms with Crippen molar-refractivity contribution in [3.63, 3.8) is 0 Å². The van der Waals surface area contributed by atoms with E-state index < -0.39 is 18.0 Å². The number of carbonyl (C=O) groups is 2. The van der Waals surface area contributed by atoms with Crippen LogP contribution in [0.2, 0.25) is 0 Å². The Morgan fingerprint density at radius 1 is 1.00 bits per heavy atom. The fourth-order valence-corrected chi connectivity index (χ4v) is 5.45. The topological polar surface area (TPSA) is 75.4 Å². The molecule has 1 aliphatic rings. The largest absolute Gasteiger partial charge is 0.368 e. The highest BCUT2D eigenvalue weighted by Gasteiger charge is 2.41. The average Bonchev–Trinajstić information content (AvgIpc) is 2.96. The lowest BCUT2D eigenvalue weighted by atomic mass is 10.00. The molecule has 1 heterocycles. The summed E-state index contributed by atoms with van der Waals surface area (Å²) >= 11 is 1.64. The summed E-state index contributed by atoms with van der Waals surface area (Å²) in [7, 11) is 0. The zero-order valence-electron chi connectivity index (χ0n) is 18.0. The lowest BCUT2D eigenvalue weighted by Crippen LogP contribution is -2.54. The third kappa shape index (κ3) is 4.87. The first-order chi connectivity index (χ1) is 15.5. The Hall–Kier alpha value is -3.09. The minimum Gasteiger partial charge on any atom is -0.368 e. The number of benzene rings is 3. The molecule has 4 rings (SSSR count). The van der Waals surface area contributed by atoms with Crippen LogP contribution in [0, 0.1) is 0 Å². The maximum Gasteiger partial charge on any atom is 0.243 e. The maximum atomic E-state index is 13.6. The fourth-order valence-electron chi connectivity index (χ4n) is 4.08. The van der Waals surface area contributed by atoms with Gasteiger partial charge in [0.1, 0.15) is 6.04 Å². The number of nitrogens with one attached hydrogen (secondary N) is 1. The van der Waals surface area contributed by atoms with Crippen molar-refractivity contribution >= 4 is 29.3 Å². The van der Waals surface area contributed by atoms with E-state index in [1.54, 1.807) is 18.7 Å². The van der Waals surface area contributed by atoms with Gasteiger partial charge in [-0.2, -0.15) is 0 Å². The molecular weight excluding hydrogens is 418 g/mol. The number of rotatable bonds is 7. The van der Waals surface area contributed by atoms with Crippen LogP contribution in [0.25, 0.3) is 0 Å². The Morgan fingerprint density at radius 2 is 1.62 bits per heavy atom. The van der Waals surface area contributed by atoms with Crippen LogP contribution in [0.4, 0.5) is 5.69 Å². The SMILES string of the molecule is C[C@@H](C(N)=O)N(CCc1ccccc1)[C@@H]1C(=O)Nc2ccccc2S[C@@H]1c1ccccc1. The molecule has 3 atom stereocenters. The number of nitrogens with zero attached hydrogens (tertiary/aromatic N) is 1. The molecule has 6 heteroatoms. The van der Waals surface area contributed by atoms with E-state index in [0.29, 0.717) is 13.0 Å². The van der Waals surface area contributed by atoms with Crippen LogP contribution in [0.15, 0.2) is 89.8 Å². The van der Waals surface area contributed by atoms with Gasteiger partial charge in [0, 0.05) is 11.4 Å². The van der Waals surface area contributed by atoms with Gasteiger partial charge in [0.25, 0.3) is 0 Å². The number of carbonyl (C=O) groups excluding carboxylic acids is 2. The second kappa shape index (κ2) is 10.0. The molecule has 0 fully saturated rings. The monoisotopic (exact) mass is 445 g/mol. The Morgan fingerprint density at radius 3 is 2.31 bits per heavy atom. The standard InChI is InChI=1S/C26H27N3O2S/c1-18(25(27)30)29(17-16-19-10-4-2-5-11-19)23-24(20-12-6-3-7-13-20)32-22-15-9-8-14-21(22)28-26(23)31/h2-15,18,23-24H,16-17H2,1H3,(H2,27,30)(H,28,31)/t18-,23-,24+/m0/s1. The summed E-state index contributed by atoms with van der Waals surface area (Å²) in [5.74, 6) is -0.568. The van der Waals surface area contributed by atoms with Crippen molar-refractivity contribution in [2.45, 2.75) is 35.6 Å². The van der Waals surface area contributed by atoms with Crippen molar-refractivity contribution in [3.05, 3.63) is 96.1 Å². The summed E-state index contributed by atoms with van der Waals surface area (Å²) in [6, 6.07) is 26.7. The van der Waals surface area contributed by atoms with E-state index in [-0.39, 0.29) is 11.2 Å². The van der Waals surface area contributed by atoms with Crippen LogP contribution >= 0.6 is 11.8 Å². The normalized spacial score (nSPS) is 19.0. The molecular formula is C26H27N3O2S. The summed E-state index contributed by atoms with van der Waals surface area (Å²) in [6.45, 7) is 2.32. The van der Waals surface area contributed by atoms with Crippen molar-refractivity contribution in [2.24, 2.45) is 5.73 Å². The van der Waals surface area contributed by atoms with Crippen LogP contribution in [-0.4, -0.2) is 35.3 Å². The highest BCUT2D eigenvalue weighted by atomic mass is 32.2. The molecule has 3 N–H and O–H groups in total. The number of hydrogen-bond donors (Lipinski definition) is 2. The predicted octanol–water partition coefficient (Wildman–Crippen LogP) is 4.26. The molecule has 3 aromatic carbocycles. The van der Waals surface area contributed by atoms with Crippen molar-refractivity contribution in [3.8, 4) is 0 Å². The molecule has 0 saturated carbocycles. The second-order valence-corrected chi connectivity index (χ2v) is 9.11. The van der Waals surface area contributed by atoms with E-state index in [9.17, 15) is 9.59 Å². The Labute approximate surface area is 193 Å². The number of hydrogen-bond acceptors (Lipinski definition) is 4. The first-order valence-electron chi connectivity index (χ1n) is 10.7. The number of primary amides is 1. The van der Waals surface area contributed by atoms with Gasteiger partial charge >= 0.3 is 0 Å². The van der Waals surface area contributed by atoms with Crippen molar-refractivity contribution in [1.82, 2.24) is 4.90 Å². The van der Waals surface area contributed by atoms with E-state index in [1.807, 2.05) is 77.7 Å². The van der Waals surface area contributed by atoms with E-state index >= 15 is 0 Å². The molecule has 0 unspecified atom stereocenters. The van der Waals surface area contributed by atoms with E-state index in [0.717, 1.165) is 21.7 Å². The van der Waals surface area contributed by atoms with Crippen LogP contribution < -0.4 is 11.1 Å². The molecule has 0 aliphatic carbocycles. The van der Waals surface area contributed by atoms with E-state index in [4.69, 9.17) is 5.73 Å². The summed E-state index contributed by atoms with van der Waals surface area (Å²) in [5.41, 5.74) is 8.72. The van der Waals surface area contributed by atoms with Crippen molar-refractivity contribution in [1.29, 1.82) is 0 Å². The first kappa shape index (κ1) is 22.1. The molecule has 2 amide bonds. The lowest BCUT2D eigenvalue weighted by molar-refractivity contribution is -0.127. The van der Waals surface area contributed by atoms with Gasteiger partial charge in [-0.1, -0.05) is 72.8 Å². The third-order valence-corrected chi connectivity index (χ3v) is 7.24. The van der Waals surface area contributed by atoms with Gasteiger partial charge in [-0.3, -0.25) is 14.5 Å². The van der Waals surface area contributed by atoms with E-state index in [2.05, 4.69) is 17.4 Å². The van der Waals surface area contributed by atoms with Crippen LogP contribution in [0.3, 0.4) is 0 Å². The van der Waals surface area contributed by atoms with Gasteiger partial charge in [0.15, 0.2) is 0 Å². The zero-order valence-corrected chi connectivity index (χ0v) is 18.8. The molecule has 0 radical (unpaired) electrons. The van der Waals surface area contributed by atoms with Gasteiger partial charge < -0.3 is 11.1 Å². The van der Waals surface area contributed by atoms with Gasteiger partial charge in [-0.25, -0.2) is 0 Å². The quantitative estimate of drug-likeness (QED) is 0.570. The number of anilines is 1. The maximum absolute atomic E-state index is 13.6. The molecule has 164 valence electrons. The number of thioether (sulfide) groups is 1. The van der Waals surface area contributed by atoms with Gasteiger partial charge in [0.2, 0.25) is 11.8 Å². The zero-order chi connectivity index (χ0) is 22.5. The molecule has 32 heavy (non-hydrogen) atoms. The molecule has 0 aromatic heterocycles. The van der Waals surface area contributed by atoms with Gasteiger partial charge in [-0.05, 0) is 36.6 Å². The molecule has 0 spiro atoms. The Kier molecular flexibility index (Phi) is 6.93. The second-order valence-electron chi connectivity index (χ2n) is 7.93. The number of para-hydroxylation sites is 1. The van der Waals surface area contributed by atoms with Gasteiger partial charge in [0.05, 0.1) is 17.0 Å². The Balaban J connectivity index is 1.75. The summed E-state index contributed by atoms with van der Waals surface area (Å²) in [5, 5.41) is 2.89. The van der Waals surface area contributed by atoms with E-state index in [1.165, 1.54) is 0 Å². The summed E-state index contributed by atoms with van der Waals surface area (Å²) < 4.78 is 0. The molecule has 0 saturated heterocycles. The van der Waals surface area contributed by atoms with Crippen LogP contribution in [-0.2, 0) is 16.0 Å². The first-order valence-corrected chi connectivity index (χ1v) is 11.6. The smallest absolute Gasteiger partial charge is 0.243 e. The van der Waals surface area contributed by atoms with Crippen LogP contribution in [0.5, 0.6) is 0 Å². The predicted molar refractivity (Wildman–Crippen MR) is 129 cm³/mol. The number of fused-ring (bicyclic) bond motifs is 1. The minimum atomic E-state index is -0.595. The molecule has 5 nitrogen and oxygen atoms in total. The fraction of sp³-hybridized carbons (Fsp3) is 0.231. The van der Waals surface area contributed by atoms with Crippen molar-refractivity contribution < 1.29 is 9.59 Å². The lowest BCUT2D eigenvalue weighted by Gasteiger charge is -2.37. The highest BCUT2D eigenvalue weighted by molar-refractivity contribution is 7.99. The number of nitrogens with two attached hydrogens (primary N) is 1. The Bertz CT molecular complexity index is 1070. The summed E-state index contributed by atoms with van der Waals surface area (Å²) in [6.07, 6.45) is 0.710. The number of amides is 2. The van der Waals surface area contributed by atoms with Gasteiger partial charge in [-0.15, -0.1) is 11.8 Å². The third-order valence-electron chi connectivity index (χ3n) is 5.85. The summed E-state index contributed by atoms with van der Waals surface area (Å²) in [4.78, 5) is 28.9. The average molecular weight is 446 g/mol. The highest BCUT2D eigenvalue weighted by Crippen LogP contribution is 2.45. The molecule has 0 bridgehead atoms. The van der Waals surface area contributed by atoms with Crippen LogP contribution in [0.1, 0.15) is 23.3 Å². The molecule has 1 aliphatic heterocycles.